The van der Waals surface area contributed by atoms with Crippen LogP contribution in [0.3, 0.4) is 0 Å². The largest absolute Gasteiger partial charge is 0.502 e. The number of ether oxygens (including phenoxy) is 2. The third-order valence-corrected chi connectivity index (χ3v) is 3.31. The van der Waals surface area contributed by atoms with Gasteiger partial charge in [0, 0.05) is 19.3 Å². The number of hydrogen-bond donors (Lipinski definition) is 3. The van der Waals surface area contributed by atoms with Crippen LogP contribution in [0.25, 0.3) is 0 Å². The van der Waals surface area contributed by atoms with Gasteiger partial charge >= 0.3 is 5.97 Å². The van der Waals surface area contributed by atoms with E-state index in [0.717, 1.165) is 5.56 Å². The second kappa shape index (κ2) is 6.91. The van der Waals surface area contributed by atoms with Gasteiger partial charge in [0.05, 0.1) is 19.9 Å². The lowest BCUT2D eigenvalue weighted by molar-refractivity contribution is 0.0690. The van der Waals surface area contributed by atoms with E-state index in [1.54, 1.807) is 23.0 Å². The molecule has 23 heavy (non-hydrogen) atoms. The molecule has 2 rings (SSSR count). The molecule has 8 heteroatoms. The molecule has 0 saturated carbocycles. The van der Waals surface area contributed by atoms with Crippen molar-refractivity contribution in [3.05, 3.63) is 29.6 Å². The molecule has 124 valence electrons. The summed E-state index contributed by atoms with van der Waals surface area (Å²) in [7, 11) is 2.89. The van der Waals surface area contributed by atoms with E-state index in [1.807, 2.05) is 6.92 Å². The van der Waals surface area contributed by atoms with E-state index in [9.17, 15) is 15.0 Å². The van der Waals surface area contributed by atoms with Crippen molar-refractivity contribution in [1.29, 1.82) is 0 Å². The highest BCUT2D eigenvalue weighted by Crippen LogP contribution is 2.37. The minimum atomic E-state index is -1.10. The van der Waals surface area contributed by atoms with Crippen LogP contribution in [0.4, 0.5) is 5.69 Å². The van der Waals surface area contributed by atoms with Gasteiger partial charge in [-0.25, -0.2) is 4.79 Å². The second-order valence-corrected chi connectivity index (χ2v) is 4.75. The van der Waals surface area contributed by atoms with E-state index in [0.29, 0.717) is 18.8 Å². The summed E-state index contributed by atoms with van der Waals surface area (Å²) in [6.07, 6.45) is 1.64. The number of rotatable bonds is 7. The zero-order chi connectivity index (χ0) is 17.0. The predicted molar refractivity (Wildman–Crippen MR) is 83.4 cm³/mol. The van der Waals surface area contributed by atoms with Gasteiger partial charge in [-0.1, -0.05) is 0 Å². The van der Waals surface area contributed by atoms with Crippen molar-refractivity contribution in [2.24, 2.45) is 0 Å². The number of phenolic OH excluding ortho intramolecular Hbond substituents is 1. The van der Waals surface area contributed by atoms with Crippen LogP contribution >= 0.6 is 0 Å². The number of phenols is 1. The number of aromatic hydroxyl groups is 1. The van der Waals surface area contributed by atoms with Crippen LogP contribution in [0.5, 0.6) is 17.2 Å². The Morgan fingerprint density at radius 3 is 2.39 bits per heavy atom. The number of benzene rings is 1. The Balaban J connectivity index is 2.24. The Morgan fingerprint density at radius 2 is 1.91 bits per heavy atom. The molecular formula is C15H19N3O5. The quantitative estimate of drug-likeness (QED) is 0.715. The molecule has 0 spiro atoms. The lowest BCUT2D eigenvalue weighted by Gasteiger charge is -2.12. The fourth-order valence-electron chi connectivity index (χ4n) is 2.12. The molecule has 1 aromatic heterocycles. The molecule has 1 heterocycles. The van der Waals surface area contributed by atoms with Crippen LogP contribution < -0.4 is 14.8 Å². The first-order valence-corrected chi connectivity index (χ1v) is 6.98. The number of methoxy groups -OCH3 is 2. The standard InChI is InChI=1S/C15H19N3O5/c1-4-18-8-10(13(17-18)15(20)21)16-7-9-5-11(22-2)14(19)12(6-9)23-3/h5-6,8,16,19H,4,7H2,1-3H3,(H,20,21). The molecule has 0 aliphatic carbocycles. The second-order valence-electron chi connectivity index (χ2n) is 4.75. The van der Waals surface area contributed by atoms with Crippen LogP contribution in [-0.2, 0) is 13.1 Å². The molecule has 0 atom stereocenters. The third-order valence-electron chi connectivity index (χ3n) is 3.31. The number of nitrogens with one attached hydrogen (secondary N) is 1. The number of hydrogen-bond acceptors (Lipinski definition) is 6. The Kier molecular flexibility index (Phi) is 4.95. The molecule has 0 bridgehead atoms. The minimum Gasteiger partial charge on any atom is -0.502 e. The van der Waals surface area contributed by atoms with Crippen LogP contribution in [-0.4, -0.2) is 40.2 Å². The van der Waals surface area contributed by atoms with Gasteiger partial charge in [0.1, 0.15) is 0 Å². The molecule has 0 saturated heterocycles. The zero-order valence-corrected chi connectivity index (χ0v) is 13.2. The number of carboxylic acids is 1. The van der Waals surface area contributed by atoms with Crippen LogP contribution in [0, 0.1) is 0 Å². The number of carboxylic acid groups (broad SMARTS) is 1. The average Bonchev–Trinajstić information content (AvgIpc) is 2.97. The van der Waals surface area contributed by atoms with Crippen molar-refractivity contribution in [3.8, 4) is 17.2 Å². The predicted octanol–water partition coefficient (Wildman–Crippen LogP) is 1.94. The summed E-state index contributed by atoms with van der Waals surface area (Å²) in [5.74, 6) is -0.614. The van der Waals surface area contributed by atoms with Crippen molar-refractivity contribution >= 4 is 11.7 Å². The molecule has 2 aromatic rings. The van der Waals surface area contributed by atoms with E-state index in [4.69, 9.17) is 9.47 Å². The molecule has 1 aromatic carbocycles. The summed E-state index contributed by atoms with van der Waals surface area (Å²) in [5.41, 5.74) is 1.15. The Labute approximate surface area is 133 Å². The van der Waals surface area contributed by atoms with Crippen LogP contribution in [0.15, 0.2) is 18.3 Å². The number of nitrogens with zero attached hydrogens (tertiary/aromatic N) is 2. The summed E-state index contributed by atoms with van der Waals surface area (Å²) in [5, 5.41) is 26.1. The molecule has 0 unspecified atom stereocenters. The maximum Gasteiger partial charge on any atom is 0.358 e. The number of aromatic carboxylic acids is 1. The van der Waals surface area contributed by atoms with Gasteiger partial charge in [0.15, 0.2) is 17.2 Å². The number of aryl methyl sites for hydroxylation is 1. The summed E-state index contributed by atoms with van der Waals surface area (Å²) in [6, 6.07) is 3.30. The summed E-state index contributed by atoms with van der Waals surface area (Å²) >= 11 is 0. The van der Waals surface area contributed by atoms with Gasteiger partial charge in [0.25, 0.3) is 0 Å². The summed E-state index contributed by atoms with van der Waals surface area (Å²) in [4.78, 5) is 11.2. The maximum atomic E-state index is 11.2. The lowest BCUT2D eigenvalue weighted by Crippen LogP contribution is -2.06. The van der Waals surface area contributed by atoms with Crippen molar-refractivity contribution < 1.29 is 24.5 Å². The first-order chi connectivity index (χ1) is 11.0. The Hall–Kier alpha value is -2.90. The molecule has 0 aliphatic rings. The normalized spacial score (nSPS) is 10.4. The van der Waals surface area contributed by atoms with Gasteiger partial charge in [-0.2, -0.15) is 5.10 Å². The zero-order valence-electron chi connectivity index (χ0n) is 13.2. The lowest BCUT2D eigenvalue weighted by atomic mass is 10.1. The Bertz CT molecular complexity index is 686. The topological polar surface area (TPSA) is 106 Å². The highest BCUT2D eigenvalue weighted by atomic mass is 16.5. The van der Waals surface area contributed by atoms with E-state index in [1.165, 1.54) is 14.2 Å². The van der Waals surface area contributed by atoms with E-state index in [2.05, 4.69) is 10.4 Å². The average molecular weight is 321 g/mol. The fraction of sp³-hybridized carbons (Fsp3) is 0.333. The summed E-state index contributed by atoms with van der Waals surface area (Å²) in [6.45, 7) is 2.77. The van der Waals surface area contributed by atoms with Crippen molar-refractivity contribution in [2.75, 3.05) is 19.5 Å². The van der Waals surface area contributed by atoms with Crippen molar-refractivity contribution in [1.82, 2.24) is 9.78 Å². The van der Waals surface area contributed by atoms with E-state index >= 15 is 0 Å². The number of anilines is 1. The van der Waals surface area contributed by atoms with E-state index < -0.39 is 5.97 Å². The molecule has 0 amide bonds. The van der Waals surface area contributed by atoms with Crippen LogP contribution in [0.2, 0.25) is 0 Å². The SMILES string of the molecule is CCn1cc(NCc2cc(OC)c(O)c(OC)c2)c(C(=O)O)n1. The molecule has 8 nitrogen and oxygen atoms in total. The molecule has 0 fully saturated rings. The first-order valence-electron chi connectivity index (χ1n) is 6.98. The van der Waals surface area contributed by atoms with Crippen LogP contribution in [0.1, 0.15) is 23.0 Å². The van der Waals surface area contributed by atoms with Gasteiger partial charge in [-0.3, -0.25) is 4.68 Å². The van der Waals surface area contributed by atoms with Gasteiger partial charge < -0.3 is 25.0 Å². The van der Waals surface area contributed by atoms with Gasteiger partial charge in [-0.05, 0) is 24.6 Å². The monoisotopic (exact) mass is 321 g/mol. The first kappa shape index (κ1) is 16.5. The molecule has 0 aliphatic heterocycles. The maximum absolute atomic E-state index is 11.2. The highest BCUT2D eigenvalue weighted by molar-refractivity contribution is 5.91. The van der Waals surface area contributed by atoms with Crippen molar-refractivity contribution in [3.63, 3.8) is 0 Å². The van der Waals surface area contributed by atoms with Crippen molar-refractivity contribution in [2.45, 2.75) is 20.0 Å². The molecular weight excluding hydrogens is 302 g/mol. The minimum absolute atomic E-state index is 0.0374. The molecule has 0 radical (unpaired) electrons. The third kappa shape index (κ3) is 3.47. The summed E-state index contributed by atoms with van der Waals surface area (Å²) < 4.78 is 11.7. The number of carbonyl (C=O) groups is 1. The highest BCUT2D eigenvalue weighted by Gasteiger charge is 2.16. The fourth-order valence-corrected chi connectivity index (χ4v) is 2.12. The van der Waals surface area contributed by atoms with Gasteiger partial charge in [-0.15, -0.1) is 0 Å². The number of aromatic nitrogens is 2. The van der Waals surface area contributed by atoms with E-state index in [-0.39, 0.29) is 22.9 Å². The Morgan fingerprint density at radius 1 is 1.30 bits per heavy atom. The van der Waals surface area contributed by atoms with Gasteiger partial charge in [0.2, 0.25) is 5.75 Å². The smallest absolute Gasteiger partial charge is 0.358 e. The molecule has 3 N–H and O–H groups in total.